The van der Waals surface area contributed by atoms with Gasteiger partial charge in [0.05, 0.1) is 17.3 Å². The molecule has 1 amide bonds. The molecular formula is C19H18N6O. The summed E-state index contributed by atoms with van der Waals surface area (Å²) in [6.45, 7) is 4.87. The first-order valence-corrected chi connectivity index (χ1v) is 8.18. The summed E-state index contributed by atoms with van der Waals surface area (Å²) in [7, 11) is 0. The van der Waals surface area contributed by atoms with Gasteiger partial charge < -0.3 is 10.6 Å². The third kappa shape index (κ3) is 3.75. The van der Waals surface area contributed by atoms with E-state index >= 15 is 0 Å². The quantitative estimate of drug-likeness (QED) is 0.687. The van der Waals surface area contributed by atoms with Gasteiger partial charge in [0.1, 0.15) is 17.6 Å². The number of rotatable bonds is 5. The monoisotopic (exact) mass is 346 g/mol. The summed E-state index contributed by atoms with van der Waals surface area (Å²) in [5.74, 6) is 0.218. The number of anilines is 1. The number of carbonyl (C=O) groups excluding carboxylic acids is 1. The molecule has 0 unspecified atom stereocenters. The molecule has 3 aromatic rings. The molecule has 0 saturated heterocycles. The molecule has 1 aromatic carbocycles. The number of benzene rings is 1. The molecule has 26 heavy (non-hydrogen) atoms. The van der Waals surface area contributed by atoms with Crippen molar-refractivity contribution in [2.75, 3.05) is 18.4 Å². The number of nitriles is 1. The predicted octanol–water partition coefficient (Wildman–Crippen LogP) is 2.36. The van der Waals surface area contributed by atoms with Crippen LogP contribution in [0, 0.1) is 25.2 Å². The molecule has 0 bridgehead atoms. The smallest absolute Gasteiger partial charge is 0.271 e. The van der Waals surface area contributed by atoms with Gasteiger partial charge in [0.2, 0.25) is 0 Å². The minimum Gasteiger partial charge on any atom is -0.367 e. The zero-order valence-corrected chi connectivity index (χ0v) is 14.6. The fourth-order valence-electron chi connectivity index (χ4n) is 2.52. The molecule has 7 nitrogen and oxygen atoms in total. The van der Waals surface area contributed by atoms with Gasteiger partial charge in [0.25, 0.3) is 5.91 Å². The van der Waals surface area contributed by atoms with E-state index in [2.05, 4.69) is 31.7 Å². The Morgan fingerprint density at radius 2 is 1.96 bits per heavy atom. The van der Waals surface area contributed by atoms with E-state index in [0.29, 0.717) is 24.5 Å². The first-order valence-electron chi connectivity index (χ1n) is 8.18. The number of nitrogens with zero attached hydrogens (tertiary/aromatic N) is 4. The lowest BCUT2D eigenvalue weighted by Gasteiger charge is -2.11. The van der Waals surface area contributed by atoms with Gasteiger partial charge in [0.15, 0.2) is 0 Å². The van der Waals surface area contributed by atoms with E-state index < -0.39 is 0 Å². The molecular weight excluding hydrogens is 328 g/mol. The Balaban J connectivity index is 1.67. The predicted molar refractivity (Wildman–Crippen MR) is 98.8 cm³/mol. The second-order valence-electron chi connectivity index (χ2n) is 5.90. The van der Waals surface area contributed by atoms with Crippen LogP contribution in [0.1, 0.15) is 27.2 Å². The van der Waals surface area contributed by atoms with Gasteiger partial charge in [-0.1, -0.05) is 0 Å². The molecule has 3 rings (SSSR count). The maximum Gasteiger partial charge on any atom is 0.271 e. The number of pyridine rings is 1. The Labute approximate surface area is 151 Å². The third-order valence-electron chi connectivity index (χ3n) is 4.05. The average molecular weight is 346 g/mol. The number of fused-ring (bicyclic) bond motifs is 1. The number of aromatic nitrogens is 3. The van der Waals surface area contributed by atoms with Crippen LogP contribution in [0.3, 0.4) is 0 Å². The van der Waals surface area contributed by atoms with E-state index in [1.54, 1.807) is 0 Å². The fraction of sp³-hybridized carbons (Fsp3) is 0.211. The lowest BCUT2D eigenvalue weighted by molar-refractivity contribution is 0.0950. The van der Waals surface area contributed by atoms with Crippen LogP contribution in [0.25, 0.3) is 10.9 Å². The van der Waals surface area contributed by atoms with E-state index in [1.807, 2.05) is 32.0 Å². The first kappa shape index (κ1) is 17.3. The van der Waals surface area contributed by atoms with Crippen LogP contribution in [-0.4, -0.2) is 33.9 Å². The van der Waals surface area contributed by atoms with Crippen molar-refractivity contribution < 1.29 is 4.79 Å². The Morgan fingerprint density at radius 3 is 2.69 bits per heavy atom. The third-order valence-corrected chi connectivity index (χ3v) is 4.05. The summed E-state index contributed by atoms with van der Waals surface area (Å²) < 4.78 is 0. The number of amides is 1. The molecule has 0 spiro atoms. The SMILES string of the molecule is Cc1cc2cc(C#N)c(NCCNC(=O)c3cnccn3)nc2cc1C. The molecule has 0 aliphatic rings. The van der Waals surface area contributed by atoms with Crippen LogP contribution in [-0.2, 0) is 0 Å². The van der Waals surface area contributed by atoms with E-state index in [4.69, 9.17) is 0 Å². The van der Waals surface area contributed by atoms with Gasteiger partial charge in [-0.05, 0) is 43.2 Å². The van der Waals surface area contributed by atoms with Gasteiger partial charge in [0, 0.05) is 30.9 Å². The van der Waals surface area contributed by atoms with Gasteiger partial charge >= 0.3 is 0 Å². The van der Waals surface area contributed by atoms with Gasteiger partial charge in [-0.2, -0.15) is 5.26 Å². The van der Waals surface area contributed by atoms with E-state index in [0.717, 1.165) is 22.0 Å². The van der Waals surface area contributed by atoms with Crippen LogP contribution in [0.4, 0.5) is 5.82 Å². The van der Waals surface area contributed by atoms with Crippen molar-refractivity contribution in [2.24, 2.45) is 0 Å². The van der Waals surface area contributed by atoms with Crippen LogP contribution in [0.15, 0.2) is 36.8 Å². The van der Waals surface area contributed by atoms with Crippen molar-refractivity contribution in [1.82, 2.24) is 20.3 Å². The highest BCUT2D eigenvalue weighted by atomic mass is 16.1. The minimum atomic E-state index is -0.294. The highest BCUT2D eigenvalue weighted by Gasteiger charge is 2.09. The largest absolute Gasteiger partial charge is 0.367 e. The van der Waals surface area contributed by atoms with Crippen molar-refractivity contribution >= 4 is 22.6 Å². The Hall–Kier alpha value is -3.53. The van der Waals surface area contributed by atoms with Gasteiger partial charge in [-0.15, -0.1) is 0 Å². The number of carbonyl (C=O) groups is 1. The molecule has 0 fully saturated rings. The summed E-state index contributed by atoms with van der Waals surface area (Å²) in [5, 5.41) is 16.2. The highest BCUT2D eigenvalue weighted by Crippen LogP contribution is 2.23. The first-order chi connectivity index (χ1) is 12.6. The molecule has 0 atom stereocenters. The van der Waals surface area contributed by atoms with Crippen LogP contribution in [0.2, 0.25) is 0 Å². The van der Waals surface area contributed by atoms with Crippen molar-refractivity contribution in [3.8, 4) is 6.07 Å². The van der Waals surface area contributed by atoms with Crippen LogP contribution >= 0.6 is 0 Å². The summed E-state index contributed by atoms with van der Waals surface area (Å²) in [5.41, 5.74) is 3.88. The van der Waals surface area contributed by atoms with Crippen molar-refractivity contribution in [3.63, 3.8) is 0 Å². The zero-order chi connectivity index (χ0) is 18.5. The van der Waals surface area contributed by atoms with Crippen molar-refractivity contribution in [3.05, 3.63) is 59.2 Å². The van der Waals surface area contributed by atoms with E-state index in [-0.39, 0.29) is 11.6 Å². The van der Waals surface area contributed by atoms with Gasteiger partial charge in [-0.3, -0.25) is 9.78 Å². The molecule has 130 valence electrons. The Morgan fingerprint density at radius 1 is 1.15 bits per heavy atom. The Kier molecular flexibility index (Phi) is 5.04. The summed E-state index contributed by atoms with van der Waals surface area (Å²) in [6.07, 6.45) is 4.39. The second kappa shape index (κ2) is 7.57. The van der Waals surface area contributed by atoms with Crippen LogP contribution < -0.4 is 10.6 Å². The van der Waals surface area contributed by atoms with E-state index in [1.165, 1.54) is 18.6 Å². The number of aryl methyl sites for hydroxylation is 2. The average Bonchev–Trinajstić information content (AvgIpc) is 2.66. The molecule has 2 aromatic heterocycles. The minimum absolute atomic E-state index is 0.264. The highest BCUT2D eigenvalue weighted by molar-refractivity contribution is 5.91. The standard InChI is InChI=1S/C19H18N6O/c1-12-7-14-9-15(10-20)18(25-16(14)8-13(12)2)23-5-6-24-19(26)17-11-21-3-4-22-17/h3-4,7-9,11H,5-6H2,1-2H3,(H,23,25)(H,24,26). The molecule has 2 heterocycles. The number of hydrogen-bond acceptors (Lipinski definition) is 6. The zero-order valence-electron chi connectivity index (χ0n) is 14.6. The maximum absolute atomic E-state index is 11.9. The molecule has 7 heteroatoms. The number of nitrogens with one attached hydrogen (secondary N) is 2. The molecule has 0 aliphatic carbocycles. The van der Waals surface area contributed by atoms with Crippen molar-refractivity contribution in [2.45, 2.75) is 13.8 Å². The lowest BCUT2D eigenvalue weighted by atomic mass is 10.0. The topological polar surface area (TPSA) is 104 Å². The second-order valence-corrected chi connectivity index (χ2v) is 5.90. The summed E-state index contributed by atoms with van der Waals surface area (Å²) in [6, 6.07) is 8.03. The normalized spacial score (nSPS) is 10.3. The molecule has 0 saturated carbocycles. The molecule has 0 radical (unpaired) electrons. The summed E-state index contributed by atoms with van der Waals surface area (Å²) in [4.78, 5) is 24.3. The van der Waals surface area contributed by atoms with Gasteiger partial charge in [-0.25, -0.2) is 9.97 Å². The maximum atomic E-state index is 11.9. The summed E-state index contributed by atoms with van der Waals surface area (Å²) >= 11 is 0. The molecule has 0 aliphatic heterocycles. The fourth-order valence-corrected chi connectivity index (χ4v) is 2.52. The van der Waals surface area contributed by atoms with Crippen molar-refractivity contribution in [1.29, 1.82) is 5.26 Å². The van der Waals surface area contributed by atoms with Crippen LogP contribution in [0.5, 0.6) is 0 Å². The molecule has 2 N–H and O–H groups in total. The van der Waals surface area contributed by atoms with E-state index in [9.17, 15) is 10.1 Å². The number of hydrogen-bond donors (Lipinski definition) is 2. The Bertz CT molecular complexity index is 994. The lowest BCUT2D eigenvalue weighted by Crippen LogP contribution is -2.29.